The van der Waals surface area contributed by atoms with Gasteiger partial charge in [-0.2, -0.15) is 0 Å². The summed E-state index contributed by atoms with van der Waals surface area (Å²) in [4.78, 5) is 8.36. The average Bonchev–Trinajstić information content (AvgIpc) is 2.06. The minimum Gasteiger partial charge on any atom is -0.325 e. The lowest BCUT2D eigenvalue weighted by Gasteiger charge is -1.98. The van der Waals surface area contributed by atoms with E-state index in [0.29, 0.717) is 6.54 Å². The van der Waals surface area contributed by atoms with Crippen molar-refractivity contribution in [2.24, 2.45) is 5.73 Å². The third-order valence-corrected chi connectivity index (χ3v) is 1.45. The first-order valence-corrected chi connectivity index (χ1v) is 3.87. The molecule has 1 aromatic heterocycles. The summed E-state index contributed by atoms with van der Waals surface area (Å²) >= 11 is 0. The third kappa shape index (κ3) is 2.27. The molecular formula is C8H13N3. The molecule has 0 amide bonds. The fourth-order valence-corrected chi connectivity index (χ4v) is 0.899. The monoisotopic (exact) mass is 151 g/mol. The fourth-order valence-electron chi connectivity index (χ4n) is 0.899. The highest BCUT2D eigenvalue weighted by atomic mass is 14.9. The first-order valence-electron chi connectivity index (χ1n) is 3.87. The lowest BCUT2D eigenvalue weighted by atomic mass is 10.3. The Bertz CT molecular complexity index is 222. The molecule has 1 heterocycles. The van der Waals surface area contributed by atoms with Gasteiger partial charge in [0.15, 0.2) is 0 Å². The minimum atomic E-state index is 0.499. The van der Waals surface area contributed by atoms with Crippen LogP contribution in [-0.2, 0) is 13.0 Å². The number of nitrogens with zero attached hydrogens (tertiary/aromatic N) is 2. The van der Waals surface area contributed by atoms with Crippen LogP contribution in [0.2, 0.25) is 0 Å². The molecular weight excluding hydrogens is 138 g/mol. The Morgan fingerprint density at radius 3 is 3.00 bits per heavy atom. The van der Waals surface area contributed by atoms with Crippen molar-refractivity contribution in [2.75, 3.05) is 0 Å². The summed E-state index contributed by atoms with van der Waals surface area (Å²) in [5, 5.41) is 0. The van der Waals surface area contributed by atoms with Gasteiger partial charge in [0.2, 0.25) is 0 Å². The summed E-state index contributed by atoms with van der Waals surface area (Å²) in [5.74, 6) is 0.899. The number of hydrogen-bond donors (Lipinski definition) is 1. The van der Waals surface area contributed by atoms with Crippen molar-refractivity contribution >= 4 is 0 Å². The standard InChI is InChI=1S/C8H13N3/c1-2-3-8-10-5-4-7(6-9)11-8/h4-5H,2-3,6,9H2,1H3. The van der Waals surface area contributed by atoms with Gasteiger partial charge < -0.3 is 5.73 Å². The van der Waals surface area contributed by atoms with Gasteiger partial charge in [-0.05, 0) is 12.5 Å². The lowest BCUT2D eigenvalue weighted by molar-refractivity contribution is 0.809. The molecule has 0 aliphatic heterocycles. The van der Waals surface area contributed by atoms with Crippen molar-refractivity contribution < 1.29 is 0 Å². The first-order chi connectivity index (χ1) is 5.36. The van der Waals surface area contributed by atoms with Crippen LogP contribution in [0.3, 0.4) is 0 Å². The highest BCUT2D eigenvalue weighted by molar-refractivity contribution is 5.01. The Labute approximate surface area is 66.7 Å². The van der Waals surface area contributed by atoms with Gasteiger partial charge >= 0.3 is 0 Å². The summed E-state index contributed by atoms with van der Waals surface area (Å²) in [7, 11) is 0. The topological polar surface area (TPSA) is 51.8 Å². The molecule has 1 rings (SSSR count). The normalized spacial score (nSPS) is 10.0. The maximum Gasteiger partial charge on any atom is 0.128 e. The Morgan fingerprint density at radius 2 is 2.36 bits per heavy atom. The van der Waals surface area contributed by atoms with E-state index in [1.54, 1.807) is 6.20 Å². The number of aryl methyl sites for hydroxylation is 1. The van der Waals surface area contributed by atoms with E-state index in [9.17, 15) is 0 Å². The molecule has 0 aliphatic rings. The zero-order valence-electron chi connectivity index (χ0n) is 6.75. The summed E-state index contributed by atoms with van der Waals surface area (Å²) in [5.41, 5.74) is 6.34. The number of aromatic nitrogens is 2. The third-order valence-electron chi connectivity index (χ3n) is 1.45. The van der Waals surface area contributed by atoms with Crippen molar-refractivity contribution in [2.45, 2.75) is 26.3 Å². The molecule has 0 spiro atoms. The van der Waals surface area contributed by atoms with E-state index >= 15 is 0 Å². The van der Waals surface area contributed by atoms with Crippen molar-refractivity contribution in [1.82, 2.24) is 9.97 Å². The van der Waals surface area contributed by atoms with Gasteiger partial charge in [0, 0.05) is 19.2 Å². The molecule has 2 N–H and O–H groups in total. The second-order valence-electron chi connectivity index (χ2n) is 2.42. The first kappa shape index (κ1) is 8.14. The van der Waals surface area contributed by atoms with E-state index in [2.05, 4.69) is 16.9 Å². The predicted molar refractivity (Wildman–Crippen MR) is 43.9 cm³/mol. The molecule has 0 saturated carbocycles. The highest BCUT2D eigenvalue weighted by Gasteiger charge is 1.95. The molecule has 0 fully saturated rings. The van der Waals surface area contributed by atoms with Crippen LogP contribution in [0.4, 0.5) is 0 Å². The summed E-state index contributed by atoms with van der Waals surface area (Å²) in [6.07, 6.45) is 3.78. The molecule has 0 aromatic carbocycles. The predicted octanol–water partition coefficient (Wildman–Crippen LogP) is 0.888. The van der Waals surface area contributed by atoms with Crippen LogP contribution in [0, 0.1) is 0 Å². The molecule has 0 bridgehead atoms. The molecule has 0 unspecified atom stereocenters. The molecule has 0 atom stereocenters. The van der Waals surface area contributed by atoms with E-state index in [1.807, 2.05) is 6.07 Å². The summed E-state index contributed by atoms with van der Waals surface area (Å²) < 4.78 is 0. The highest BCUT2D eigenvalue weighted by Crippen LogP contribution is 1.96. The molecule has 3 heteroatoms. The Kier molecular flexibility index (Phi) is 2.98. The zero-order valence-corrected chi connectivity index (χ0v) is 6.75. The van der Waals surface area contributed by atoms with E-state index < -0.39 is 0 Å². The second kappa shape index (κ2) is 4.03. The van der Waals surface area contributed by atoms with Gasteiger partial charge in [0.25, 0.3) is 0 Å². The van der Waals surface area contributed by atoms with Gasteiger partial charge in [-0.15, -0.1) is 0 Å². The van der Waals surface area contributed by atoms with Gasteiger partial charge in [-0.1, -0.05) is 6.92 Å². The molecule has 11 heavy (non-hydrogen) atoms. The van der Waals surface area contributed by atoms with Crippen LogP contribution in [0.5, 0.6) is 0 Å². The summed E-state index contributed by atoms with van der Waals surface area (Å²) in [6, 6.07) is 1.85. The largest absolute Gasteiger partial charge is 0.325 e. The maximum absolute atomic E-state index is 5.42. The van der Waals surface area contributed by atoms with E-state index in [1.165, 1.54) is 0 Å². The molecule has 1 aromatic rings. The van der Waals surface area contributed by atoms with Gasteiger partial charge in [0.1, 0.15) is 5.82 Å². The van der Waals surface area contributed by atoms with Crippen molar-refractivity contribution in [3.8, 4) is 0 Å². The Hall–Kier alpha value is -0.960. The van der Waals surface area contributed by atoms with Crippen LogP contribution in [0.1, 0.15) is 24.9 Å². The molecule has 0 saturated heterocycles. The smallest absolute Gasteiger partial charge is 0.128 e. The SMILES string of the molecule is CCCc1nccc(CN)n1. The fraction of sp³-hybridized carbons (Fsp3) is 0.500. The second-order valence-corrected chi connectivity index (χ2v) is 2.42. The molecule has 0 aliphatic carbocycles. The van der Waals surface area contributed by atoms with Gasteiger partial charge in [-0.3, -0.25) is 0 Å². The quantitative estimate of drug-likeness (QED) is 0.698. The zero-order chi connectivity index (χ0) is 8.10. The number of rotatable bonds is 3. The minimum absolute atomic E-state index is 0.499. The van der Waals surface area contributed by atoms with E-state index in [0.717, 1.165) is 24.4 Å². The van der Waals surface area contributed by atoms with E-state index in [-0.39, 0.29) is 0 Å². The van der Waals surface area contributed by atoms with Crippen LogP contribution < -0.4 is 5.73 Å². The van der Waals surface area contributed by atoms with Crippen molar-refractivity contribution in [3.05, 3.63) is 23.8 Å². The number of nitrogens with two attached hydrogens (primary N) is 1. The number of hydrogen-bond acceptors (Lipinski definition) is 3. The molecule has 60 valence electrons. The van der Waals surface area contributed by atoms with Crippen molar-refractivity contribution in [1.29, 1.82) is 0 Å². The van der Waals surface area contributed by atoms with E-state index in [4.69, 9.17) is 5.73 Å². The maximum atomic E-state index is 5.42. The Balaban J connectivity index is 2.74. The van der Waals surface area contributed by atoms with Crippen molar-refractivity contribution in [3.63, 3.8) is 0 Å². The van der Waals surface area contributed by atoms with Crippen LogP contribution in [0.15, 0.2) is 12.3 Å². The molecule has 3 nitrogen and oxygen atoms in total. The van der Waals surface area contributed by atoms with Crippen LogP contribution in [0.25, 0.3) is 0 Å². The average molecular weight is 151 g/mol. The van der Waals surface area contributed by atoms with Gasteiger partial charge in [-0.25, -0.2) is 9.97 Å². The van der Waals surface area contributed by atoms with Gasteiger partial charge in [0.05, 0.1) is 5.69 Å². The van der Waals surface area contributed by atoms with Crippen LogP contribution >= 0.6 is 0 Å². The lowest BCUT2D eigenvalue weighted by Crippen LogP contribution is -2.03. The molecule has 0 radical (unpaired) electrons. The Morgan fingerprint density at radius 1 is 1.55 bits per heavy atom. The summed E-state index contributed by atoms with van der Waals surface area (Å²) in [6.45, 7) is 2.61. The van der Waals surface area contributed by atoms with Crippen LogP contribution in [-0.4, -0.2) is 9.97 Å².